The fourth-order valence-corrected chi connectivity index (χ4v) is 1.56. The highest BCUT2D eigenvalue weighted by atomic mass is 16.5. The molecule has 1 aromatic rings. The number of aromatic nitrogens is 2. The molecule has 0 atom stereocenters. The van der Waals surface area contributed by atoms with E-state index < -0.39 is 0 Å². The van der Waals surface area contributed by atoms with Crippen LogP contribution >= 0.6 is 0 Å². The molecule has 1 heterocycles. The lowest BCUT2D eigenvalue weighted by atomic mass is 10.3. The molecule has 0 radical (unpaired) electrons. The van der Waals surface area contributed by atoms with E-state index in [2.05, 4.69) is 27.1 Å². The molecule has 1 aromatic heterocycles. The molecule has 0 aliphatic heterocycles. The first kappa shape index (κ1) is 14.7. The van der Waals surface area contributed by atoms with Gasteiger partial charge in [-0.05, 0) is 18.9 Å². The highest BCUT2D eigenvalue weighted by Crippen LogP contribution is 2.10. The molecule has 0 fully saturated rings. The van der Waals surface area contributed by atoms with Crippen LogP contribution in [0.5, 0.6) is 0 Å². The summed E-state index contributed by atoms with van der Waals surface area (Å²) in [5.74, 6) is 1.65. The Bertz CT molecular complexity index is 333. The number of anilines is 2. The molecule has 0 aliphatic rings. The van der Waals surface area contributed by atoms with Crippen LogP contribution in [0.4, 0.5) is 11.8 Å². The van der Waals surface area contributed by atoms with Crippen LogP contribution in [0.25, 0.3) is 0 Å². The van der Waals surface area contributed by atoms with Crippen molar-refractivity contribution in [2.75, 3.05) is 44.1 Å². The van der Waals surface area contributed by atoms with Gasteiger partial charge in [0.2, 0.25) is 5.95 Å². The van der Waals surface area contributed by atoms with Crippen LogP contribution in [-0.2, 0) is 4.74 Å². The second kappa shape index (κ2) is 8.69. The third-order valence-electron chi connectivity index (χ3n) is 2.66. The summed E-state index contributed by atoms with van der Waals surface area (Å²) >= 11 is 0. The van der Waals surface area contributed by atoms with Crippen LogP contribution in [0.2, 0.25) is 0 Å². The van der Waals surface area contributed by atoms with E-state index in [9.17, 15) is 0 Å². The molecule has 1 N–H and O–H groups in total. The van der Waals surface area contributed by atoms with E-state index >= 15 is 0 Å². The normalized spacial score (nSPS) is 10.4. The number of rotatable bonds is 9. The average Bonchev–Trinajstić information content (AvgIpc) is 2.41. The smallest absolute Gasteiger partial charge is 0.226 e. The SMILES string of the molecule is CCCCN(C)c1nccc(NCCCOC)n1. The number of hydrogen-bond donors (Lipinski definition) is 1. The van der Waals surface area contributed by atoms with Gasteiger partial charge < -0.3 is 15.0 Å². The summed E-state index contributed by atoms with van der Waals surface area (Å²) in [6.45, 7) is 4.80. The Morgan fingerprint density at radius 3 is 2.94 bits per heavy atom. The Balaban J connectivity index is 2.45. The largest absolute Gasteiger partial charge is 0.385 e. The zero-order chi connectivity index (χ0) is 13.2. The molecule has 0 aromatic carbocycles. The summed E-state index contributed by atoms with van der Waals surface area (Å²) in [6.07, 6.45) is 5.11. The van der Waals surface area contributed by atoms with Crippen LogP contribution < -0.4 is 10.2 Å². The van der Waals surface area contributed by atoms with Gasteiger partial charge in [-0.3, -0.25) is 0 Å². The zero-order valence-corrected chi connectivity index (χ0v) is 11.6. The van der Waals surface area contributed by atoms with E-state index in [0.29, 0.717) is 0 Å². The first-order valence-corrected chi connectivity index (χ1v) is 6.55. The van der Waals surface area contributed by atoms with Gasteiger partial charge >= 0.3 is 0 Å². The maximum atomic E-state index is 5.01. The van der Waals surface area contributed by atoms with Gasteiger partial charge in [0.1, 0.15) is 5.82 Å². The third kappa shape index (κ3) is 5.31. The molecule has 102 valence electrons. The van der Waals surface area contributed by atoms with E-state index in [1.807, 2.05) is 13.1 Å². The van der Waals surface area contributed by atoms with E-state index in [1.54, 1.807) is 13.3 Å². The lowest BCUT2D eigenvalue weighted by Gasteiger charge is -2.17. The van der Waals surface area contributed by atoms with Crippen LogP contribution in [-0.4, -0.2) is 43.8 Å². The Labute approximate surface area is 110 Å². The fourth-order valence-electron chi connectivity index (χ4n) is 1.56. The lowest BCUT2D eigenvalue weighted by molar-refractivity contribution is 0.198. The van der Waals surface area contributed by atoms with E-state index in [0.717, 1.165) is 44.3 Å². The molecular formula is C13H24N4O. The van der Waals surface area contributed by atoms with Gasteiger partial charge in [0.15, 0.2) is 0 Å². The molecule has 0 amide bonds. The van der Waals surface area contributed by atoms with Crippen molar-refractivity contribution in [1.29, 1.82) is 0 Å². The number of hydrogen-bond acceptors (Lipinski definition) is 5. The molecule has 0 bridgehead atoms. The van der Waals surface area contributed by atoms with E-state index in [4.69, 9.17) is 4.74 Å². The molecular weight excluding hydrogens is 228 g/mol. The Morgan fingerprint density at radius 1 is 1.39 bits per heavy atom. The molecule has 0 unspecified atom stereocenters. The van der Waals surface area contributed by atoms with Crippen molar-refractivity contribution < 1.29 is 4.74 Å². The number of nitrogens with one attached hydrogen (secondary N) is 1. The minimum atomic E-state index is 0.765. The summed E-state index contributed by atoms with van der Waals surface area (Å²) < 4.78 is 5.01. The lowest BCUT2D eigenvalue weighted by Crippen LogP contribution is -2.21. The number of nitrogens with zero attached hydrogens (tertiary/aromatic N) is 3. The minimum Gasteiger partial charge on any atom is -0.385 e. The number of unbranched alkanes of at least 4 members (excludes halogenated alkanes) is 1. The minimum absolute atomic E-state index is 0.765. The van der Waals surface area contributed by atoms with Crippen molar-refractivity contribution in [3.63, 3.8) is 0 Å². The summed E-state index contributed by atoms with van der Waals surface area (Å²) in [4.78, 5) is 10.9. The molecule has 5 nitrogen and oxygen atoms in total. The average molecular weight is 252 g/mol. The molecule has 18 heavy (non-hydrogen) atoms. The van der Waals surface area contributed by atoms with Crippen LogP contribution in [0.1, 0.15) is 26.2 Å². The fraction of sp³-hybridized carbons (Fsp3) is 0.692. The maximum absolute atomic E-state index is 5.01. The summed E-state index contributed by atoms with van der Waals surface area (Å²) in [5, 5.41) is 3.27. The van der Waals surface area contributed by atoms with Gasteiger partial charge in [0.25, 0.3) is 0 Å². The van der Waals surface area contributed by atoms with Crippen molar-refractivity contribution in [1.82, 2.24) is 9.97 Å². The Hall–Kier alpha value is -1.36. The van der Waals surface area contributed by atoms with Gasteiger partial charge in [0.05, 0.1) is 0 Å². The van der Waals surface area contributed by atoms with Gasteiger partial charge in [-0.25, -0.2) is 4.98 Å². The van der Waals surface area contributed by atoms with Crippen LogP contribution in [0, 0.1) is 0 Å². The highest BCUT2D eigenvalue weighted by molar-refractivity contribution is 5.40. The Morgan fingerprint density at radius 2 is 2.22 bits per heavy atom. The second-order valence-corrected chi connectivity index (χ2v) is 4.29. The van der Waals surface area contributed by atoms with E-state index in [1.165, 1.54) is 6.42 Å². The standard InChI is InChI=1S/C13H24N4O/c1-4-5-10-17(2)13-15-9-7-12(16-13)14-8-6-11-18-3/h7,9H,4-6,8,10-11H2,1-3H3,(H,14,15,16). The summed E-state index contributed by atoms with van der Waals surface area (Å²) in [6, 6.07) is 1.89. The van der Waals surface area contributed by atoms with Crippen molar-refractivity contribution in [2.45, 2.75) is 26.2 Å². The first-order chi connectivity index (χ1) is 8.77. The second-order valence-electron chi connectivity index (χ2n) is 4.29. The van der Waals surface area contributed by atoms with Gasteiger partial charge in [-0.2, -0.15) is 4.98 Å². The van der Waals surface area contributed by atoms with Gasteiger partial charge in [-0.1, -0.05) is 13.3 Å². The summed E-state index contributed by atoms with van der Waals surface area (Å²) in [7, 11) is 3.74. The first-order valence-electron chi connectivity index (χ1n) is 6.55. The predicted octanol–water partition coefficient (Wildman–Crippen LogP) is 2.16. The van der Waals surface area contributed by atoms with Crippen LogP contribution in [0.3, 0.4) is 0 Å². The van der Waals surface area contributed by atoms with Gasteiger partial charge in [-0.15, -0.1) is 0 Å². The predicted molar refractivity (Wildman–Crippen MR) is 75.2 cm³/mol. The maximum Gasteiger partial charge on any atom is 0.226 e. The van der Waals surface area contributed by atoms with Crippen molar-refractivity contribution >= 4 is 11.8 Å². The molecule has 1 rings (SSSR count). The molecule has 5 heteroatoms. The highest BCUT2D eigenvalue weighted by Gasteiger charge is 2.04. The summed E-state index contributed by atoms with van der Waals surface area (Å²) in [5.41, 5.74) is 0. The molecule has 0 saturated carbocycles. The topological polar surface area (TPSA) is 50.3 Å². The molecule has 0 spiro atoms. The third-order valence-corrected chi connectivity index (χ3v) is 2.66. The number of ether oxygens (including phenoxy) is 1. The van der Waals surface area contributed by atoms with Gasteiger partial charge in [0, 0.05) is 40.1 Å². The van der Waals surface area contributed by atoms with Crippen molar-refractivity contribution in [3.8, 4) is 0 Å². The quantitative estimate of drug-likeness (QED) is 0.683. The van der Waals surface area contributed by atoms with Crippen molar-refractivity contribution in [2.24, 2.45) is 0 Å². The zero-order valence-electron chi connectivity index (χ0n) is 11.6. The van der Waals surface area contributed by atoms with E-state index in [-0.39, 0.29) is 0 Å². The molecule has 0 aliphatic carbocycles. The van der Waals surface area contributed by atoms with Crippen LogP contribution in [0.15, 0.2) is 12.3 Å². The van der Waals surface area contributed by atoms with Crippen molar-refractivity contribution in [3.05, 3.63) is 12.3 Å². The number of methoxy groups -OCH3 is 1. The monoisotopic (exact) mass is 252 g/mol. The molecule has 0 saturated heterocycles. The Kier molecular flexibility index (Phi) is 7.10.